The van der Waals surface area contributed by atoms with Gasteiger partial charge in [0.2, 0.25) is 11.8 Å². The molecule has 1 fully saturated rings. The van der Waals surface area contributed by atoms with E-state index in [2.05, 4.69) is 5.32 Å². The van der Waals surface area contributed by atoms with Crippen molar-refractivity contribution in [3.05, 3.63) is 47.5 Å². The van der Waals surface area contributed by atoms with Crippen molar-refractivity contribution in [2.24, 2.45) is 0 Å². The van der Waals surface area contributed by atoms with E-state index in [0.717, 1.165) is 47.0 Å². The van der Waals surface area contributed by atoms with Gasteiger partial charge in [-0.25, -0.2) is 0 Å². The molecule has 146 valence electrons. The van der Waals surface area contributed by atoms with Crippen molar-refractivity contribution in [3.8, 4) is 11.5 Å². The summed E-state index contributed by atoms with van der Waals surface area (Å²) in [5.74, 6) is 1.62. The molecule has 0 spiro atoms. The number of nitrogens with one attached hydrogen (secondary N) is 1. The average molecular weight is 380 g/mol. The maximum atomic E-state index is 12.3. The van der Waals surface area contributed by atoms with Gasteiger partial charge in [0, 0.05) is 30.8 Å². The lowest BCUT2D eigenvalue weighted by Gasteiger charge is -2.19. The van der Waals surface area contributed by atoms with Gasteiger partial charge in [-0.2, -0.15) is 0 Å². The van der Waals surface area contributed by atoms with Crippen LogP contribution in [0, 0.1) is 6.92 Å². The summed E-state index contributed by atoms with van der Waals surface area (Å²) in [6.07, 6.45) is 2.52. The second-order valence-electron chi connectivity index (χ2n) is 7.18. The predicted octanol–water partition coefficient (Wildman–Crippen LogP) is 3.46. The number of benzene rings is 2. The van der Waals surface area contributed by atoms with Gasteiger partial charge in [-0.15, -0.1) is 0 Å². The summed E-state index contributed by atoms with van der Waals surface area (Å²) in [6.45, 7) is 3.85. The highest BCUT2D eigenvalue weighted by Gasteiger charge is 2.23. The minimum Gasteiger partial charge on any atom is -0.486 e. The van der Waals surface area contributed by atoms with E-state index in [1.807, 2.05) is 48.2 Å². The first-order valence-electron chi connectivity index (χ1n) is 9.69. The Morgan fingerprint density at radius 3 is 2.68 bits per heavy atom. The third kappa shape index (κ3) is 3.96. The van der Waals surface area contributed by atoms with Crippen LogP contribution >= 0.6 is 0 Å². The molecule has 6 heteroatoms. The maximum absolute atomic E-state index is 12.3. The van der Waals surface area contributed by atoms with E-state index in [4.69, 9.17) is 9.47 Å². The fraction of sp³-hybridized carbons (Fsp3) is 0.364. The van der Waals surface area contributed by atoms with E-state index in [1.54, 1.807) is 0 Å². The molecule has 0 bridgehead atoms. The number of nitrogens with zero attached hydrogens (tertiary/aromatic N) is 1. The highest BCUT2D eigenvalue weighted by molar-refractivity contribution is 5.97. The van der Waals surface area contributed by atoms with Gasteiger partial charge in [0.05, 0.1) is 0 Å². The summed E-state index contributed by atoms with van der Waals surface area (Å²) in [6, 6.07) is 11.5. The van der Waals surface area contributed by atoms with Crippen molar-refractivity contribution in [1.29, 1.82) is 0 Å². The highest BCUT2D eigenvalue weighted by Crippen LogP contribution is 2.31. The van der Waals surface area contributed by atoms with Gasteiger partial charge in [0.15, 0.2) is 11.5 Å². The average Bonchev–Trinajstić information content (AvgIpc) is 3.12. The largest absolute Gasteiger partial charge is 0.486 e. The molecule has 28 heavy (non-hydrogen) atoms. The van der Waals surface area contributed by atoms with Crippen LogP contribution in [-0.2, 0) is 16.0 Å². The number of hydrogen-bond acceptors (Lipinski definition) is 4. The van der Waals surface area contributed by atoms with Crippen LogP contribution in [0.1, 0.15) is 30.4 Å². The lowest BCUT2D eigenvalue weighted by Crippen LogP contribution is -2.24. The Morgan fingerprint density at radius 1 is 1.11 bits per heavy atom. The highest BCUT2D eigenvalue weighted by atomic mass is 16.6. The third-order valence-electron chi connectivity index (χ3n) is 5.09. The molecule has 1 N–H and O–H groups in total. The molecule has 2 aromatic rings. The molecule has 6 nitrogen and oxygen atoms in total. The molecular weight excluding hydrogens is 356 g/mol. The maximum Gasteiger partial charge on any atom is 0.227 e. The van der Waals surface area contributed by atoms with Crippen LogP contribution < -0.4 is 19.7 Å². The SMILES string of the molecule is Cc1cc(NC(=O)CCc2ccc3c(c2)OCCO3)ccc1N1CCCC1=O. The fourth-order valence-electron chi connectivity index (χ4n) is 3.66. The summed E-state index contributed by atoms with van der Waals surface area (Å²) in [4.78, 5) is 26.1. The van der Waals surface area contributed by atoms with Crippen molar-refractivity contribution in [2.45, 2.75) is 32.6 Å². The number of rotatable bonds is 5. The monoisotopic (exact) mass is 380 g/mol. The summed E-state index contributed by atoms with van der Waals surface area (Å²) in [5.41, 5.74) is 3.70. The Labute approximate surface area is 164 Å². The lowest BCUT2D eigenvalue weighted by molar-refractivity contribution is -0.117. The number of carbonyl (C=O) groups excluding carboxylic acids is 2. The molecule has 2 heterocycles. The number of ether oxygens (including phenoxy) is 2. The molecule has 0 atom stereocenters. The zero-order chi connectivity index (χ0) is 19.5. The van der Waals surface area contributed by atoms with E-state index in [0.29, 0.717) is 32.5 Å². The molecule has 2 aliphatic rings. The van der Waals surface area contributed by atoms with Crippen LogP contribution in [-0.4, -0.2) is 31.6 Å². The molecule has 2 aliphatic heterocycles. The minimum atomic E-state index is -0.0423. The fourth-order valence-corrected chi connectivity index (χ4v) is 3.66. The first kappa shape index (κ1) is 18.3. The molecule has 0 aromatic heterocycles. The van der Waals surface area contributed by atoms with Crippen LogP contribution in [0.4, 0.5) is 11.4 Å². The summed E-state index contributed by atoms with van der Waals surface area (Å²) in [7, 11) is 0. The Morgan fingerprint density at radius 2 is 1.93 bits per heavy atom. The third-order valence-corrected chi connectivity index (χ3v) is 5.09. The quantitative estimate of drug-likeness (QED) is 0.863. The van der Waals surface area contributed by atoms with E-state index < -0.39 is 0 Å². The first-order valence-corrected chi connectivity index (χ1v) is 9.69. The standard InChI is InChI=1S/C22H24N2O4/c1-15-13-17(6-7-18(15)24-10-2-3-22(24)26)23-21(25)9-5-16-4-8-19-20(14-16)28-12-11-27-19/h4,6-8,13-14H,2-3,5,9-12H2,1H3,(H,23,25). The van der Waals surface area contributed by atoms with Gasteiger partial charge in [0.25, 0.3) is 0 Å². The van der Waals surface area contributed by atoms with Gasteiger partial charge in [-0.05, 0) is 61.2 Å². The molecule has 2 amide bonds. The van der Waals surface area contributed by atoms with Gasteiger partial charge >= 0.3 is 0 Å². The number of hydrogen-bond donors (Lipinski definition) is 1. The normalized spacial score (nSPS) is 15.6. The number of aryl methyl sites for hydroxylation is 2. The van der Waals surface area contributed by atoms with Crippen LogP contribution in [0.15, 0.2) is 36.4 Å². The number of anilines is 2. The molecule has 0 saturated carbocycles. The molecule has 0 radical (unpaired) electrons. The van der Waals surface area contributed by atoms with Gasteiger partial charge in [-0.3, -0.25) is 9.59 Å². The van der Waals surface area contributed by atoms with Gasteiger partial charge in [-0.1, -0.05) is 6.07 Å². The zero-order valence-corrected chi connectivity index (χ0v) is 16.0. The minimum absolute atomic E-state index is 0.0423. The van der Waals surface area contributed by atoms with Crippen molar-refractivity contribution in [2.75, 3.05) is 30.0 Å². The number of amides is 2. The number of carbonyl (C=O) groups is 2. The molecule has 2 aromatic carbocycles. The molecule has 0 unspecified atom stereocenters. The summed E-state index contributed by atoms with van der Waals surface area (Å²) >= 11 is 0. The van der Waals surface area contributed by atoms with Crippen LogP contribution in [0.3, 0.4) is 0 Å². The Kier molecular flexibility index (Phi) is 5.19. The Bertz CT molecular complexity index is 909. The van der Waals surface area contributed by atoms with Gasteiger partial charge in [0.1, 0.15) is 13.2 Å². The Hall–Kier alpha value is -3.02. The van der Waals surface area contributed by atoms with Crippen LogP contribution in [0.2, 0.25) is 0 Å². The number of fused-ring (bicyclic) bond motifs is 1. The van der Waals surface area contributed by atoms with E-state index in [9.17, 15) is 9.59 Å². The molecule has 0 aliphatic carbocycles. The van der Waals surface area contributed by atoms with Gasteiger partial charge < -0.3 is 19.7 Å². The van der Waals surface area contributed by atoms with E-state index >= 15 is 0 Å². The van der Waals surface area contributed by atoms with Crippen molar-refractivity contribution in [1.82, 2.24) is 0 Å². The Balaban J connectivity index is 1.35. The smallest absolute Gasteiger partial charge is 0.227 e. The second kappa shape index (κ2) is 7.92. The second-order valence-corrected chi connectivity index (χ2v) is 7.18. The van der Waals surface area contributed by atoms with Crippen molar-refractivity contribution < 1.29 is 19.1 Å². The zero-order valence-electron chi connectivity index (χ0n) is 16.0. The molecule has 1 saturated heterocycles. The summed E-state index contributed by atoms with van der Waals surface area (Å²) in [5, 5.41) is 2.95. The predicted molar refractivity (Wildman–Crippen MR) is 107 cm³/mol. The molecule has 4 rings (SSSR count). The molecular formula is C22H24N2O4. The van der Waals surface area contributed by atoms with Crippen molar-refractivity contribution in [3.63, 3.8) is 0 Å². The van der Waals surface area contributed by atoms with Crippen LogP contribution in [0.25, 0.3) is 0 Å². The first-order chi connectivity index (χ1) is 13.6. The summed E-state index contributed by atoms with van der Waals surface area (Å²) < 4.78 is 11.1. The van der Waals surface area contributed by atoms with Crippen molar-refractivity contribution >= 4 is 23.2 Å². The lowest BCUT2D eigenvalue weighted by atomic mass is 10.1. The van der Waals surface area contributed by atoms with E-state index in [1.165, 1.54) is 0 Å². The van der Waals surface area contributed by atoms with E-state index in [-0.39, 0.29) is 11.8 Å². The topological polar surface area (TPSA) is 67.9 Å². The van der Waals surface area contributed by atoms with Crippen LogP contribution in [0.5, 0.6) is 11.5 Å².